The molecule has 0 saturated carbocycles. The first-order valence-corrected chi connectivity index (χ1v) is 11.0. The normalized spacial score (nSPS) is 12.4. The Morgan fingerprint density at radius 3 is 1.94 bits per heavy atom. The summed E-state index contributed by atoms with van der Waals surface area (Å²) in [5, 5.41) is 5.50. The number of hydrogen-bond acceptors (Lipinski definition) is 5. The Hall–Kier alpha value is -4.13. The summed E-state index contributed by atoms with van der Waals surface area (Å²) < 4.78 is 10.8. The molecule has 7 nitrogen and oxygen atoms in total. The first kappa shape index (κ1) is 24.5. The van der Waals surface area contributed by atoms with Crippen LogP contribution in [0.3, 0.4) is 0 Å². The molecule has 2 amide bonds. The highest BCUT2D eigenvalue weighted by Gasteiger charge is 2.32. The number of ether oxygens (including phenoxy) is 2. The van der Waals surface area contributed by atoms with Crippen LogP contribution in [0.4, 0.5) is 5.69 Å². The lowest BCUT2D eigenvalue weighted by molar-refractivity contribution is -0.158. The fourth-order valence-electron chi connectivity index (χ4n) is 3.30. The molecule has 0 radical (unpaired) electrons. The summed E-state index contributed by atoms with van der Waals surface area (Å²) in [4.78, 5) is 38.9. The Kier molecular flexibility index (Phi) is 8.40. The van der Waals surface area contributed by atoms with E-state index in [2.05, 4.69) is 10.6 Å². The fraction of sp³-hybridized carbons (Fsp3) is 0.222. The number of rotatable bonds is 9. The molecule has 0 aromatic heterocycles. The van der Waals surface area contributed by atoms with E-state index in [-0.39, 0.29) is 5.92 Å². The minimum atomic E-state index is -1.08. The largest absolute Gasteiger partial charge is 0.497 e. The van der Waals surface area contributed by atoms with Crippen LogP contribution >= 0.6 is 0 Å². The standard InChI is InChI=1S/C27H28N2O5/c1-18(2)24(26(31)28-21-14-16-22(33-3)17-15-21)34-27(32)23(19-10-6-4-7-11-19)29-25(30)20-12-8-5-9-13-20/h4-18,23-24H,1-3H3,(H,28,31)(H,29,30)/t23-,24-/m1/s1. The third-order valence-corrected chi connectivity index (χ3v) is 5.14. The zero-order valence-electron chi connectivity index (χ0n) is 19.4. The zero-order valence-corrected chi connectivity index (χ0v) is 19.4. The van der Waals surface area contributed by atoms with Crippen molar-refractivity contribution in [1.82, 2.24) is 5.32 Å². The molecule has 0 spiro atoms. The Morgan fingerprint density at radius 1 is 0.794 bits per heavy atom. The summed E-state index contributed by atoms with van der Waals surface area (Å²) in [6.07, 6.45) is -1.06. The maximum Gasteiger partial charge on any atom is 0.334 e. The number of benzene rings is 3. The average molecular weight is 461 g/mol. The van der Waals surface area contributed by atoms with Gasteiger partial charge in [-0.05, 0) is 47.9 Å². The van der Waals surface area contributed by atoms with Crippen molar-refractivity contribution in [2.45, 2.75) is 26.0 Å². The molecule has 0 aliphatic rings. The van der Waals surface area contributed by atoms with Crippen molar-refractivity contribution in [3.05, 3.63) is 96.1 Å². The number of methoxy groups -OCH3 is 1. The van der Waals surface area contributed by atoms with Gasteiger partial charge in [-0.1, -0.05) is 62.4 Å². The molecule has 3 aromatic rings. The highest BCUT2D eigenvalue weighted by molar-refractivity contribution is 5.98. The van der Waals surface area contributed by atoms with Gasteiger partial charge in [-0.15, -0.1) is 0 Å². The van der Waals surface area contributed by atoms with Gasteiger partial charge in [0.2, 0.25) is 0 Å². The molecular formula is C27H28N2O5. The van der Waals surface area contributed by atoms with Gasteiger partial charge in [0, 0.05) is 11.3 Å². The quantitative estimate of drug-likeness (QED) is 0.463. The van der Waals surface area contributed by atoms with Crippen LogP contribution in [0.25, 0.3) is 0 Å². The smallest absolute Gasteiger partial charge is 0.334 e. The molecule has 3 aromatic carbocycles. The van der Waals surface area contributed by atoms with E-state index in [0.29, 0.717) is 22.6 Å². The van der Waals surface area contributed by atoms with Crippen LogP contribution in [0.5, 0.6) is 5.75 Å². The molecule has 0 saturated heterocycles. The van der Waals surface area contributed by atoms with E-state index in [1.165, 1.54) is 0 Å². The molecule has 176 valence electrons. The second kappa shape index (κ2) is 11.7. The van der Waals surface area contributed by atoms with Crippen LogP contribution in [0.1, 0.15) is 35.8 Å². The van der Waals surface area contributed by atoms with E-state index < -0.39 is 29.9 Å². The summed E-state index contributed by atoms with van der Waals surface area (Å²) in [6.45, 7) is 3.57. The Bertz CT molecular complexity index is 1100. The third-order valence-electron chi connectivity index (χ3n) is 5.14. The van der Waals surface area contributed by atoms with Gasteiger partial charge in [0.1, 0.15) is 5.75 Å². The van der Waals surface area contributed by atoms with Crippen molar-refractivity contribution in [2.24, 2.45) is 5.92 Å². The maximum absolute atomic E-state index is 13.2. The second-order valence-corrected chi connectivity index (χ2v) is 8.00. The summed E-state index contributed by atoms with van der Waals surface area (Å²) in [6, 6.07) is 23.1. The lowest BCUT2D eigenvalue weighted by Gasteiger charge is -2.24. The zero-order chi connectivity index (χ0) is 24.5. The van der Waals surface area contributed by atoms with Crippen molar-refractivity contribution in [2.75, 3.05) is 12.4 Å². The van der Waals surface area contributed by atoms with Crippen molar-refractivity contribution >= 4 is 23.5 Å². The molecule has 0 heterocycles. The second-order valence-electron chi connectivity index (χ2n) is 8.00. The van der Waals surface area contributed by atoms with Gasteiger partial charge >= 0.3 is 5.97 Å². The molecule has 34 heavy (non-hydrogen) atoms. The summed E-state index contributed by atoms with van der Waals surface area (Å²) in [7, 11) is 1.56. The minimum absolute atomic E-state index is 0.302. The van der Waals surface area contributed by atoms with E-state index in [1.807, 2.05) is 6.07 Å². The molecule has 0 unspecified atom stereocenters. The minimum Gasteiger partial charge on any atom is -0.497 e. The van der Waals surface area contributed by atoms with Gasteiger partial charge in [0.15, 0.2) is 12.1 Å². The monoisotopic (exact) mass is 460 g/mol. The Morgan fingerprint density at radius 2 is 1.38 bits per heavy atom. The van der Waals surface area contributed by atoms with Crippen LogP contribution in [0, 0.1) is 5.92 Å². The van der Waals surface area contributed by atoms with Gasteiger partial charge in [-0.25, -0.2) is 4.79 Å². The molecule has 0 aliphatic heterocycles. The van der Waals surface area contributed by atoms with Crippen LogP contribution in [0.2, 0.25) is 0 Å². The SMILES string of the molecule is COc1ccc(NC(=O)[C@H](OC(=O)[C@H](NC(=O)c2ccccc2)c2ccccc2)C(C)C)cc1. The molecule has 0 fully saturated rings. The maximum atomic E-state index is 13.2. The van der Waals surface area contributed by atoms with Crippen LogP contribution in [0.15, 0.2) is 84.9 Å². The van der Waals surface area contributed by atoms with Gasteiger partial charge in [-0.2, -0.15) is 0 Å². The molecule has 2 N–H and O–H groups in total. The van der Waals surface area contributed by atoms with Crippen molar-refractivity contribution in [3.63, 3.8) is 0 Å². The van der Waals surface area contributed by atoms with Crippen LogP contribution < -0.4 is 15.4 Å². The first-order valence-electron chi connectivity index (χ1n) is 11.0. The molecule has 0 bridgehead atoms. The predicted octanol–water partition coefficient (Wildman–Crippen LogP) is 4.37. The highest BCUT2D eigenvalue weighted by atomic mass is 16.5. The lowest BCUT2D eigenvalue weighted by Crippen LogP contribution is -2.41. The van der Waals surface area contributed by atoms with Crippen molar-refractivity contribution < 1.29 is 23.9 Å². The number of amides is 2. The molecule has 0 aliphatic carbocycles. The number of esters is 1. The molecular weight excluding hydrogens is 432 g/mol. The summed E-state index contributed by atoms with van der Waals surface area (Å²) >= 11 is 0. The average Bonchev–Trinajstić information content (AvgIpc) is 2.86. The van der Waals surface area contributed by atoms with E-state index in [9.17, 15) is 14.4 Å². The van der Waals surface area contributed by atoms with Gasteiger partial charge in [0.25, 0.3) is 11.8 Å². The number of carbonyl (C=O) groups excluding carboxylic acids is 3. The van der Waals surface area contributed by atoms with Crippen molar-refractivity contribution in [1.29, 1.82) is 0 Å². The third kappa shape index (κ3) is 6.45. The number of carbonyl (C=O) groups is 3. The lowest BCUT2D eigenvalue weighted by atomic mass is 10.0. The topological polar surface area (TPSA) is 93.7 Å². The van der Waals surface area contributed by atoms with E-state index in [1.54, 1.807) is 99.8 Å². The number of hydrogen-bond donors (Lipinski definition) is 2. The van der Waals surface area contributed by atoms with E-state index >= 15 is 0 Å². The Labute approximate surface area is 199 Å². The van der Waals surface area contributed by atoms with Crippen LogP contribution in [-0.2, 0) is 14.3 Å². The number of nitrogens with one attached hydrogen (secondary N) is 2. The first-order chi connectivity index (χ1) is 16.4. The molecule has 7 heteroatoms. The predicted molar refractivity (Wildman–Crippen MR) is 129 cm³/mol. The van der Waals surface area contributed by atoms with Gasteiger partial charge < -0.3 is 20.1 Å². The molecule has 2 atom stereocenters. The van der Waals surface area contributed by atoms with Gasteiger partial charge in [0.05, 0.1) is 7.11 Å². The molecule has 3 rings (SSSR count). The number of anilines is 1. The van der Waals surface area contributed by atoms with E-state index in [4.69, 9.17) is 9.47 Å². The Balaban J connectivity index is 1.78. The van der Waals surface area contributed by atoms with E-state index in [0.717, 1.165) is 0 Å². The fourth-order valence-corrected chi connectivity index (χ4v) is 3.30. The highest BCUT2D eigenvalue weighted by Crippen LogP contribution is 2.20. The van der Waals surface area contributed by atoms with Gasteiger partial charge in [-0.3, -0.25) is 9.59 Å². The summed E-state index contributed by atoms with van der Waals surface area (Å²) in [5.74, 6) is -1.25. The van der Waals surface area contributed by atoms with Crippen molar-refractivity contribution in [3.8, 4) is 5.75 Å². The van der Waals surface area contributed by atoms with Crippen LogP contribution in [-0.4, -0.2) is 31.0 Å². The summed E-state index contributed by atoms with van der Waals surface area (Å²) in [5.41, 5.74) is 1.51.